The minimum absolute atomic E-state index is 0.159. The van der Waals surface area contributed by atoms with Crippen molar-refractivity contribution >= 4 is 5.96 Å². The van der Waals surface area contributed by atoms with Gasteiger partial charge in [-0.2, -0.15) is 0 Å². The first-order valence-corrected chi connectivity index (χ1v) is 7.13. The lowest BCUT2D eigenvalue weighted by Crippen LogP contribution is -2.39. The lowest BCUT2D eigenvalue weighted by Gasteiger charge is -2.20. The summed E-state index contributed by atoms with van der Waals surface area (Å²) in [7, 11) is 1.55. The number of ether oxygens (including phenoxy) is 1. The number of methoxy groups -OCH3 is 1. The molecule has 1 aliphatic rings. The highest BCUT2D eigenvalue weighted by atomic mass is 16.5. The van der Waals surface area contributed by atoms with Crippen molar-refractivity contribution in [3.05, 3.63) is 23.8 Å². The molecule has 2 rings (SSSR count). The zero-order chi connectivity index (χ0) is 14.4. The molecule has 2 N–H and O–H groups in total. The third kappa shape index (κ3) is 3.56. The number of nitrogens with zero attached hydrogens (tertiary/aromatic N) is 2. The standard InChI is InChI=1S/C15H23N3O2/c1-3-16-15(18-8-4-5-9-18)17-11-12-6-7-14(20-2)13(19)10-12/h6-7,10,19H,3-5,8-9,11H2,1-2H3,(H,16,17). The van der Waals surface area contributed by atoms with Crippen LogP contribution in [0, 0.1) is 0 Å². The number of phenols is 1. The van der Waals surface area contributed by atoms with Crippen molar-refractivity contribution in [1.29, 1.82) is 0 Å². The van der Waals surface area contributed by atoms with E-state index in [9.17, 15) is 5.11 Å². The SMILES string of the molecule is CCNC(=NCc1ccc(OC)c(O)c1)N1CCCC1. The maximum atomic E-state index is 9.77. The molecule has 0 unspecified atom stereocenters. The van der Waals surface area contributed by atoms with Gasteiger partial charge in [-0.3, -0.25) is 0 Å². The topological polar surface area (TPSA) is 57.1 Å². The van der Waals surface area contributed by atoms with Crippen LogP contribution in [0.15, 0.2) is 23.2 Å². The summed E-state index contributed by atoms with van der Waals surface area (Å²) in [6.07, 6.45) is 2.46. The highest BCUT2D eigenvalue weighted by Gasteiger charge is 2.15. The van der Waals surface area contributed by atoms with E-state index in [1.54, 1.807) is 19.2 Å². The molecule has 5 heteroatoms. The van der Waals surface area contributed by atoms with E-state index in [4.69, 9.17) is 4.74 Å². The Balaban J connectivity index is 2.06. The quantitative estimate of drug-likeness (QED) is 0.652. The molecule has 1 aromatic rings. The maximum Gasteiger partial charge on any atom is 0.194 e. The van der Waals surface area contributed by atoms with Crippen molar-refractivity contribution in [2.75, 3.05) is 26.7 Å². The Morgan fingerprint density at radius 3 is 2.75 bits per heavy atom. The van der Waals surface area contributed by atoms with Crippen LogP contribution in [0.2, 0.25) is 0 Å². The van der Waals surface area contributed by atoms with Crippen molar-refractivity contribution in [2.45, 2.75) is 26.3 Å². The molecule has 0 bridgehead atoms. The third-order valence-corrected chi connectivity index (χ3v) is 3.40. The van der Waals surface area contributed by atoms with Gasteiger partial charge in [-0.05, 0) is 37.5 Å². The summed E-state index contributed by atoms with van der Waals surface area (Å²) in [4.78, 5) is 6.93. The molecule has 1 fully saturated rings. The second-order valence-corrected chi connectivity index (χ2v) is 4.87. The van der Waals surface area contributed by atoms with Crippen LogP contribution in [0.25, 0.3) is 0 Å². The number of aliphatic imine (C=N–C) groups is 1. The first-order chi connectivity index (χ1) is 9.74. The molecule has 1 aliphatic heterocycles. The molecule has 1 heterocycles. The predicted octanol–water partition coefficient (Wildman–Crippen LogP) is 1.96. The molecule has 5 nitrogen and oxygen atoms in total. The van der Waals surface area contributed by atoms with E-state index in [0.29, 0.717) is 12.3 Å². The van der Waals surface area contributed by atoms with E-state index in [1.165, 1.54) is 12.8 Å². The van der Waals surface area contributed by atoms with Crippen LogP contribution in [-0.4, -0.2) is 42.7 Å². The van der Waals surface area contributed by atoms with Crippen LogP contribution in [0.3, 0.4) is 0 Å². The number of hydrogen-bond donors (Lipinski definition) is 2. The van der Waals surface area contributed by atoms with Crippen molar-refractivity contribution in [2.24, 2.45) is 4.99 Å². The van der Waals surface area contributed by atoms with Gasteiger partial charge in [0.2, 0.25) is 0 Å². The molecule has 0 aliphatic carbocycles. The van der Waals surface area contributed by atoms with E-state index in [1.807, 2.05) is 6.07 Å². The van der Waals surface area contributed by atoms with Crippen LogP contribution in [0.5, 0.6) is 11.5 Å². The monoisotopic (exact) mass is 277 g/mol. The summed E-state index contributed by atoms with van der Waals surface area (Å²) in [6.45, 7) is 5.63. The number of benzene rings is 1. The smallest absolute Gasteiger partial charge is 0.194 e. The minimum atomic E-state index is 0.159. The van der Waals surface area contributed by atoms with Crippen molar-refractivity contribution in [3.8, 4) is 11.5 Å². The van der Waals surface area contributed by atoms with Gasteiger partial charge in [0.05, 0.1) is 13.7 Å². The fraction of sp³-hybridized carbons (Fsp3) is 0.533. The number of aromatic hydroxyl groups is 1. The highest BCUT2D eigenvalue weighted by Crippen LogP contribution is 2.26. The van der Waals surface area contributed by atoms with Gasteiger partial charge in [0.15, 0.2) is 17.5 Å². The number of phenolic OH excluding ortho intramolecular Hbond substituents is 1. The van der Waals surface area contributed by atoms with E-state index in [0.717, 1.165) is 31.2 Å². The molecule has 0 amide bonds. The Labute approximate surface area is 120 Å². The molecule has 1 saturated heterocycles. The van der Waals surface area contributed by atoms with E-state index >= 15 is 0 Å². The first kappa shape index (κ1) is 14.5. The largest absolute Gasteiger partial charge is 0.504 e. The Kier molecular flexibility index (Phi) is 5.09. The van der Waals surface area contributed by atoms with E-state index in [2.05, 4.69) is 22.1 Å². The van der Waals surface area contributed by atoms with Crippen molar-refractivity contribution in [3.63, 3.8) is 0 Å². The minimum Gasteiger partial charge on any atom is -0.504 e. The Morgan fingerprint density at radius 2 is 2.15 bits per heavy atom. The van der Waals surface area contributed by atoms with E-state index in [-0.39, 0.29) is 5.75 Å². The third-order valence-electron chi connectivity index (χ3n) is 3.40. The van der Waals surface area contributed by atoms with Crippen LogP contribution in [0.1, 0.15) is 25.3 Å². The lowest BCUT2D eigenvalue weighted by molar-refractivity contribution is 0.373. The van der Waals surface area contributed by atoms with Gasteiger partial charge in [0.25, 0.3) is 0 Å². The molecule has 0 saturated carbocycles. The average molecular weight is 277 g/mol. The Morgan fingerprint density at radius 1 is 1.40 bits per heavy atom. The van der Waals surface area contributed by atoms with Crippen LogP contribution in [0.4, 0.5) is 0 Å². The normalized spacial score (nSPS) is 15.5. The number of guanidine groups is 1. The highest BCUT2D eigenvalue weighted by molar-refractivity contribution is 5.80. The number of rotatable bonds is 4. The summed E-state index contributed by atoms with van der Waals surface area (Å²) in [5.41, 5.74) is 0.970. The van der Waals surface area contributed by atoms with Crippen LogP contribution < -0.4 is 10.1 Å². The summed E-state index contributed by atoms with van der Waals surface area (Å²) in [5, 5.41) is 13.1. The van der Waals surface area contributed by atoms with Gasteiger partial charge in [-0.15, -0.1) is 0 Å². The summed E-state index contributed by atoms with van der Waals surface area (Å²) in [5.74, 6) is 1.61. The number of likely N-dealkylation sites (tertiary alicyclic amines) is 1. The molecular weight excluding hydrogens is 254 g/mol. The molecule has 0 aromatic heterocycles. The predicted molar refractivity (Wildman–Crippen MR) is 80.3 cm³/mol. The maximum absolute atomic E-state index is 9.77. The zero-order valence-corrected chi connectivity index (χ0v) is 12.2. The Bertz CT molecular complexity index is 468. The van der Waals surface area contributed by atoms with Gasteiger partial charge < -0.3 is 20.1 Å². The fourth-order valence-electron chi connectivity index (χ4n) is 2.35. The number of hydrogen-bond acceptors (Lipinski definition) is 3. The van der Waals surface area contributed by atoms with Gasteiger partial charge in [0.1, 0.15) is 0 Å². The molecular formula is C15H23N3O2. The molecule has 110 valence electrons. The molecule has 0 atom stereocenters. The van der Waals surface area contributed by atoms with Gasteiger partial charge in [-0.25, -0.2) is 4.99 Å². The van der Waals surface area contributed by atoms with Crippen molar-refractivity contribution < 1.29 is 9.84 Å². The summed E-state index contributed by atoms with van der Waals surface area (Å²) < 4.78 is 5.04. The van der Waals surface area contributed by atoms with Crippen LogP contribution in [-0.2, 0) is 6.54 Å². The molecule has 20 heavy (non-hydrogen) atoms. The summed E-state index contributed by atoms with van der Waals surface area (Å²) >= 11 is 0. The van der Waals surface area contributed by atoms with Crippen molar-refractivity contribution in [1.82, 2.24) is 10.2 Å². The zero-order valence-electron chi connectivity index (χ0n) is 12.2. The second kappa shape index (κ2) is 7.03. The Hall–Kier alpha value is -1.91. The first-order valence-electron chi connectivity index (χ1n) is 7.13. The van der Waals surface area contributed by atoms with Crippen LogP contribution >= 0.6 is 0 Å². The lowest BCUT2D eigenvalue weighted by atomic mass is 10.2. The fourth-order valence-corrected chi connectivity index (χ4v) is 2.35. The molecule has 1 aromatic carbocycles. The van der Waals surface area contributed by atoms with E-state index < -0.39 is 0 Å². The number of nitrogens with one attached hydrogen (secondary N) is 1. The van der Waals surface area contributed by atoms with Gasteiger partial charge in [0, 0.05) is 19.6 Å². The second-order valence-electron chi connectivity index (χ2n) is 4.87. The van der Waals surface area contributed by atoms with Gasteiger partial charge >= 0.3 is 0 Å². The molecule has 0 spiro atoms. The molecule has 0 radical (unpaired) electrons. The summed E-state index contributed by atoms with van der Waals surface area (Å²) in [6, 6.07) is 5.40. The van der Waals surface area contributed by atoms with Gasteiger partial charge in [-0.1, -0.05) is 6.07 Å². The average Bonchev–Trinajstić information content (AvgIpc) is 2.97.